The van der Waals surface area contributed by atoms with Crippen LogP contribution in [0, 0.1) is 5.82 Å². The number of halogens is 1. The van der Waals surface area contributed by atoms with E-state index in [2.05, 4.69) is 0 Å². The van der Waals surface area contributed by atoms with E-state index in [9.17, 15) is 21.2 Å². The summed E-state index contributed by atoms with van der Waals surface area (Å²) in [6, 6.07) is 9.83. The van der Waals surface area contributed by atoms with Crippen molar-refractivity contribution >= 4 is 31.4 Å². The van der Waals surface area contributed by atoms with Crippen molar-refractivity contribution in [3.63, 3.8) is 0 Å². The van der Waals surface area contributed by atoms with Crippen LogP contribution < -0.4 is 9.21 Å². The molecule has 168 valence electrons. The minimum Gasteiger partial charge on any atom is -0.348 e. The van der Waals surface area contributed by atoms with Crippen LogP contribution in [-0.4, -0.2) is 47.9 Å². The summed E-state index contributed by atoms with van der Waals surface area (Å²) >= 11 is 0. The molecule has 7 nitrogen and oxygen atoms in total. The highest BCUT2D eigenvalue weighted by Gasteiger charge is 2.40. The van der Waals surface area contributed by atoms with Crippen molar-refractivity contribution in [2.75, 3.05) is 30.0 Å². The van der Waals surface area contributed by atoms with Crippen LogP contribution >= 0.6 is 0 Å². The van der Waals surface area contributed by atoms with Gasteiger partial charge in [0.15, 0.2) is 0 Å². The number of rotatable bonds is 5. The highest BCUT2D eigenvalue weighted by atomic mass is 32.2. The second-order valence-corrected chi connectivity index (χ2v) is 12.1. The Kier molecular flexibility index (Phi) is 5.74. The van der Waals surface area contributed by atoms with E-state index in [-0.39, 0.29) is 28.2 Å². The molecule has 0 spiro atoms. The number of nitrogens with zero attached hydrogens (tertiary/aromatic N) is 3. The minimum absolute atomic E-state index is 0.00622. The van der Waals surface area contributed by atoms with Crippen LogP contribution in [0.1, 0.15) is 32.1 Å². The van der Waals surface area contributed by atoms with Gasteiger partial charge in [-0.1, -0.05) is 25.3 Å². The molecule has 0 unspecified atom stereocenters. The molecule has 2 aliphatic rings. The summed E-state index contributed by atoms with van der Waals surface area (Å²) in [7, 11) is -4.95. The van der Waals surface area contributed by atoms with Crippen molar-refractivity contribution in [1.29, 1.82) is 0 Å². The highest BCUT2D eigenvalue weighted by Crippen LogP contribution is 2.44. The zero-order chi connectivity index (χ0) is 22.4. The van der Waals surface area contributed by atoms with Gasteiger partial charge in [-0.05, 0) is 49.2 Å². The summed E-state index contributed by atoms with van der Waals surface area (Å²) < 4.78 is 68.4. The molecule has 10 heteroatoms. The van der Waals surface area contributed by atoms with Gasteiger partial charge < -0.3 is 4.90 Å². The minimum atomic E-state index is -4.09. The van der Waals surface area contributed by atoms with Crippen LogP contribution in [0.3, 0.4) is 0 Å². The third-order valence-corrected chi connectivity index (χ3v) is 9.59. The average Bonchev–Trinajstić information content (AvgIpc) is 3.16. The molecule has 0 saturated heterocycles. The molecule has 4 rings (SSSR count). The van der Waals surface area contributed by atoms with Crippen molar-refractivity contribution in [3.8, 4) is 0 Å². The number of anilines is 2. The van der Waals surface area contributed by atoms with Gasteiger partial charge in [-0.15, -0.1) is 0 Å². The average molecular weight is 468 g/mol. The number of hydrogen-bond donors (Lipinski definition) is 0. The van der Waals surface area contributed by atoms with Gasteiger partial charge in [-0.3, -0.25) is 0 Å². The maximum absolute atomic E-state index is 14.8. The van der Waals surface area contributed by atoms with Gasteiger partial charge in [0, 0.05) is 20.1 Å². The van der Waals surface area contributed by atoms with Crippen LogP contribution in [0.5, 0.6) is 0 Å². The zero-order valence-corrected chi connectivity index (χ0v) is 19.2. The van der Waals surface area contributed by atoms with Crippen LogP contribution in [0.4, 0.5) is 15.8 Å². The lowest BCUT2D eigenvalue weighted by atomic mass is 9.94. The molecule has 0 bridgehead atoms. The Morgan fingerprint density at radius 2 is 1.52 bits per heavy atom. The van der Waals surface area contributed by atoms with Gasteiger partial charge in [-0.25, -0.2) is 29.8 Å². The van der Waals surface area contributed by atoms with E-state index in [1.54, 1.807) is 12.1 Å². The van der Waals surface area contributed by atoms with Crippen LogP contribution in [0.25, 0.3) is 0 Å². The normalized spacial score (nSPS) is 17.9. The third kappa shape index (κ3) is 3.81. The largest absolute Gasteiger partial charge is 0.348 e. The van der Waals surface area contributed by atoms with E-state index in [1.807, 2.05) is 4.90 Å². The van der Waals surface area contributed by atoms with Crippen molar-refractivity contribution in [1.82, 2.24) is 4.31 Å². The first kappa shape index (κ1) is 22.0. The molecule has 0 aromatic heterocycles. The Bertz CT molecular complexity index is 1180. The fourth-order valence-corrected chi connectivity index (χ4v) is 6.62. The van der Waals surface area contributed by atoms with Gasteiger partial charge in [0.1, 0.15) is 18.2 Å². The van der Waals surface area contributed by atoms with Gasteiger partial charge in [0.05, 0.1) is 15.5 Å². The maximum Gasteiger partial charge on any atom is 0.266 e. The quantitative estimate of drug-likeness (QED) is 0.674. The third-order valence-electron chi connectivity index (χ3n) is 6.01. The van der Waals surface area contributed by atoms with E-state index in [1.165, 1.54) is 44.4 Å². The molecule has 31 heavy (non-hydrogen) atoms. The highest BCUT2D eigenvalue weighted by molar-refractivity contribution is 7.93. The first-order valence-corrected chi connectivity index (χ1v) is 13.1. The number of benzene rings is 2. The van der Waals surface area contributed by atoms with Gasteiger partial charge in [0.25, 0.3) is 10.0 Å². The first-order valence-electron chi connectivity index (χ1n) is 10.2. The predicted octanol–water partition coefficient (Wildman–Crippen LogP) is 3.38. The lowest BCUT2D eigenvalue weighted by molar-refractivity contribution is 0.420. The maximum atomic E-state index is 14.8. The van der Waals surface area contributed by atoms with Crippen LogP contribution in [0.15, 0.2) is 52.3 Å². The Morgan fingerprint density at radius 3 is 2.13 bits per heavy atom. The van der Waals surface area contributed by atoms with Gasteiger partial charge in [0.2, 0.25) is 10.0 Å². The van der Waals surface area contributed by atoms with Gasteiger partial charge >= 0.3 is 0 Å². The molecule has 1 fully saturated rings. The molecule has 1 saturated carbocycles. The first-order chi connectivity index (χ1) is 14.6. The van der Waals surface area contributed by atoms with E-state index in [0.717, 1.165) is 40.7 Å². The Labute approximate surface area is 183 Å². The predicted molar refractivity (Wildman–Crippen MR) is 118 cm³/mol. The molecule has 0 atom stereocenters. The monoisotopic (exact) mass is 467 g/mol. The molecule has 0 radical (unpaired) electrons. The molecule has 1 heterocycles. The number of fused-ring (bicyclic) bond motifs is 1. The lowest BCUT2D eigenvalue weighted by Gasteiger charge is -2.33. The molecule has 0 N–H and O–H groups in total. The van der Waals surface area contributed by atoms with Crippen molar-refractivity contribution in [3.05, 3.63) is 48.3 Å². The molecule has 0 amide bonds. The summed E-state index contributed by atoms with van der Waals surface area (Å²) in [4.78, 5) is 1.90. The van der Waals surface area contributed by atoms with E-state index >= 15 is 0 Å². The molecule has 1 aliphatic carbocycles. The molecular formula is C21H26FN3O4S2. The summed E-state index contributed by atoms with van der Waals surface area (Å²) in [5.41, 5.74) is 0.639. The summed E-state index contributed by atoms with van der Waals surface area (Å²) in [6.07, 6.45) is 5.19. The Balaban J connectivity index is 1.72. The van der Waals surface area contributed by atoms with Crippen LogP contribution in [-0.2, 0) is 20.0 Å². The fraction of sp³-hybridized carbons (Fsp3) is 0.429. The SMILES string of the molecule is CN(C)S(=O)(=O)c1ccc(S(=O)(=O)N2CN(C3CCCCC3)c3cccc(F)c32)cc1. The Hall–Kier alpha value is -2.17. The second kappa shape index (κ2) is 8.07. The number of para-hydroxylation sites is 1. The number of sulfonamides is 2. The lowest BCUT2D eigenvalue weighted by Crippen LogP contribution is -2.41. The second-order valence-electron chi connectivity index (χ2n) is 8.12. The molecule has 1 aliphatic heterocycles. The topological polar surface area (TPSA) is 78.0 Å². The molecule has 2 aromatic rings. The van der Waals surface area contributed by atoms with E-state index < -0.39 is 25.9 Å². The summed E-state index contributed by atoms with van der Waals surface area (Å²) in [5.74, 6) is -0.591. The molecule has 2 aromatic carbocycles. The van der Waals surface area contributed by atoms with E-state index in [4.69, 9.17) is 0 Å². The van der Waals surface area contributed by atoms with Crippen LogP contribution in [0.2, 0.25) is 0 Å². The van der Waals surface area contributed by atoms with Crippen molar-refractivity contribution in [2.45, 2.75) is 47.9 Å². The summed E-state index contributed by atoms with van der Waals surface area (Å²) in [5, 5.41) is 0. The van der Waals surface area contributed by atoms with Crippen molar-refractivity contribution in [2.24, 2.45) is 0 Å². The zero-order valence-electron chi connectivity index (χ0n) is 17.5. The Morgan fingerprint density at radius 1 is 0.903 bits per heavy atom. The smallest absolute Gasteiger partial charge is 0.266 e. The van der Waals surface area contributed by atoms with Gasteiger partial charge in [-0.2, -0.15) is 0 Å². The summed E-state index contributed by atoms with van der Waals surface area (Å²) in [6.45, 7) is 0.0427. The molecular weight excluding hydrogens is 441 g/mol. The van der Waals surface area contributed by atoms with E-state index in [0.29, 0.717) is 5.69 Å². The fourth-order valence-electron chi connectivity index (χ4n) is 4.29. The van der Waals surface area contributed by atoms with Crippen molar-refractivity contribution < 1.29 is 21.2 Å². The number of hydrogen-bond acceptors (Lipinski definition) is 5. The standard InChI is InChI=1S/C21H26FN3O4S2/c1-23(2)30(26,27)17-11-13-18(14-12-17)31(28,29)25-15-24(16-7-4-3-5-8-16)20-10-6-9-19(22)21(20)25/h6,9-14,16H,3-5,7-8,15H2,1-2H3.